The van der Waals surface area contributed by atoms with Crippen LogP contribution in [-0.2, 0) is 25.7 Å². The largest absolute Gasteiger partial charge is 0.478 e. The Morgan fingerprint density at radius 3 is 2.54 bits per heavy atom. The number of hydrogen-bond donors (Lipinski definition) is 4. The SMILES string of the molecule is CNC(=O)COc1cc2cc(Nc3nc(N4CCC(OC5CC(N6CC[C@H](c7ccc8c(c7F)CN(C7CCC(=O)NC7=O)C8=O)[C@@H](O)C6)C5)CC4)ncc3Cl)ccc2n(C(C)C)c1=O. The van der Waals surface area contributed by atoms with Gasteiger partial charge < -0.3 is 39.6 Å². The van der Waals surface area contributed by atoms with Crippen molar-refractivity contribution in [2.75, 3.05) is 50.1 Å². The fourth-order valence-corrected chi connectivity index (χ4v) is 10.1. The van der Waals surface area contributed by atoms with E-state index in [4.69, 9.17) is 26.1 Å². The van der Waals surface area contributed by atoms with Gasteiger partial charge in [0.15, 0.2) is 18.2 Å². The molecule has 9 rings (SSSR count). The second kappa shape index (κ2) is 18.3. The van der Waals surface area contributed by atoms with Crippen molar-refractivity contribution in [1.29, 1.82) is 0 Å². The van der Waals surface area contributed by atoms with Crippen molar-refractivity contribution in [1.82, 2.24) is 35.0 Å². The van der Waals surface area contributed by atoms with Gasteiger partial charge in [0.25, 0.3) is 17.4 Å². The second-order valence-electron chi connectivity index (χ2n) is 17.9. The summed E-state index contributed by atoms with van der Waals surface area (Å²) in [5, 5.41) is 20.5. The molecule has 19 heteroatoms. The standard InChI is InChI=1S/C46H53ClFN9O8/c1-24(2)57-35-7-4-26(16-25(35)17-38(45(57)63)64-23-40(60)49-3)51-42-34(47)20-50-46(53-42)54-13-10-28(11-14-54)65-29-18-27(19-29)55-15-12-30(37(58)22-55)31-5-6-32-33(41(31)48)21-56(44(32)62)36-8-9-39(59)52-43(36)61/h4-7,16-17,20,24,27-30,36-37,58H,8-15,18-19,21-23H2,1-3H3,(H,49,60)(H,50,51,53)(H,52,59,61)/t27?,29?,30-,36?,37+/m1/s1. The normalized spacial score (nSPS) is 24.0. The molecule has 65 heavy (non-hydrogen) atoms. The molecule has 17 nitrogen and oxygen atoms in total. The molecule has 6 heterocycles. The summed E-state index contributed by atoms with van der Waals surface area (Å²) in [7, 11) is 1.50. The van der Waals surface area contributed by atoms with E-state index in [0.717, 1.165) is 31.1 Å². The molecular formula is C46H53ClFN9O8. The van der Waals surface area contributed by atoms with Gasteiger partial charge in [0.05, 0.1) is 36.6 Å². The van der Waals surface area contributed by atoms with Crippen LogP contribution in [0.4, 0.5) is 21.8 Å². The highest BCUT2D eigenvalue weighted by atomic mass is 35.5. The molecule has 1 unspecified atom stereocenters. The van der Waals surface area contributed by atoms with Gasteiger partial charge in [-0.1, -0.05) is 17.7 Å². The first kappa shape index (κ1) is 44.5. The number of fused-ring (bicyclic) bond motifs is 2. The summed E-state index contributed by atoms with van der Waals surface area (Å²) in [6.45, 7) is 6.00. The molecule has 0 spiro atoms. The zero-order valence-electron chi connectivity index (χ0n) is 36.5. The quantitative estimate of drug-likeness (QED) is 0.148. The van der Waals surface area contributed by atoms with Crippen molar-refractivity contribution in [2.24, 2.45) is 0 Å². The average Bonchev–Trinajstić information content (AvgIpc) is 3.61. The van der Waals surface area contributed by atoms with E-state index in [1.54, 1.807) is 29.0 Å². The zero-order chi connectivity index (χ0) is 45.7. The number of anilines is 3. The van der Waals surface area contributed by atoms with E-state index < -0.39 is 35.7 Å². The summed E-state index contributed by atoms with van der Waals surface area (Å²) in [6.07, 6.45) is 5.19. The van der Waals surface area contributed by atoms with Gasteiger partial charge in [-0.25, -0.2) is 9.37 Å². The number of β-amino-alcohol motifs (C(OH)–C–C–N with tert-alkyl or cyclic N) is 1. The van der Waals surface area contributed by atoms with Crippen molar-refractivity contribution in [3.63, 3.8) is 0 Å². The first-order chi connectivity index (χ1) is 31.3. The van der Waals surface area contributed by atoms with E-state index in [9.17, 15) is 29.1 Å². The van der Waals surface area contributed by atoms with Crippen LogP contribution in [0.1, 0.15) is 92.2 Å². The predicted molar refractivity (Wildman–Crippen MR) is 239 cm³/mol. The Hall–Kier alpha value is -5.69. The molecule has 4 aromatic rings. The maximum absolute atomic E-state index is 16.1. The lowest BCUT2D eigenvalue weighted by Crippen LogP contribution is -2.55. The van der Waals surface area contributed by atoms with E-state index >= 15 is 4.39 Å². The predicted octanol–water partition coefficient (Wildman–Crippen LogP) is 4.16. The summed E-state index contributed by atoms with van der Waals surface area (Å²) >= 11 is 6.59. The molecule has 4 fully saturated rings. The number of piperidine rings is 3. The summed E-state index contributed by atoms with van der Waals surface area (Å²) in [6, 6.07) is 9.70. The van der Waals surface area contributed by atoms with E-state index in [1.165, 1.54) is 11.9 Å². The summed E-state index contributed by atoms with van der Waals surface area (Å²) in [4.78, 5) is 77.4. The third kappa shape index (κ3) is 8.88. The molecule has 2 aromatic carbocycles. The van der Waals surface area contributed by atoms with Crippen LogP contribution in [0.15, 0.2) is 47.4 Å². The molecule has 0 bridgehead atoms. The highest BCUT2D eigenvalue weighted by Crippen LogP contribution is 2.40. The Morgan fingerprint density at radius 1 is 1.03 bits per heavy atom. The van der Waals surface area contributed by atoms with Gasteiger partial charge in [0, 0.05) is 73.3 Å². The number of benzene rings is 2. The number of hydrogen-bond acceptors (Lipinski definition) is 13. The highest BCUT2D eigenvalue weighted by molar-refractivity contribution is 6.33. The van der Waals surface area contributed by atoms with Gasteiger partial charge >= 0.3 is 0 Å². The van der Waals surface area contributed by atoms with Gasteiger partial charge in [-0.05, 0) is 94.8 Å². The summed E-state index contributed by atoms with van der Waals surface area (Å²) < 4.78 is 29.9. The van der Waals surface area contributed by atoms with Gasteiger partial charge in [-0.3, -0.25) is 34.2 Å². The van der Waals surface area contributed by atoms with Crippen LogP contribution in [0.2, 0.25) is 5.02 Å². The number of ether oxygens (including phenoxy) is 2. The van der Waals surface area contributed by atoms with Crippen molar-refractivity contribution < 1.29 is 38.1 Å². The number of carbonyl (C=O) groups excluding carboxylic acids is 4. The fraction of sp³-hybridized carbons (Fsp3) is 0.500. The summed E-state index contributed by atoms with van der Waals surface area (Å²) in [5.74, 6) is -1.57. The van der Waals surface area contributed by atoms with Crippen LogP contribution in [0.5, 0.6) is 5.75 Å². The monoisotopic (exact) mass is 913 g/mol. The lowest BCUT2D eigenvalue weighted by molar-refractivity contribution is -0.137. The van der Waals surface area contributed by atoms with Crippen molar-refractivity contribution in [3.05, 3.63) is 80.5 Å². The van der Waals surface area contributed by atoms with Crippen LogP contribution in [0, 0.1) is 5.82 Å². The molecule has 4 N–H and O–H groups in total. The van der Waals surface area contributed by atoms with E-state index in [0.29, 0.717) is 66.2 Å². The van der Waals surface area contributed by atoms with Crippen LogP contribution in [-0.4, -0.2) is 123 Å². The Morgan fingerprint density at radius 2 is 1.82 bits per heavy atom. The summed E-state index contributed by atoms with van der Waals surface area (Å²) in [5.41, 5.74) is 1.93. The molecule has 3 saturated heterocycles. The lowest BCUT2D eigenvalue weighted by Gasteiger charge is -2.48. The molecule has 1 aliphatic carbocycles. The lowest BCUT2D eigenvalue weighted by atomic mass is 9.81. The minimum atomic E-state index is -0.824. The van der Waals surface area contributed by atoms with Crippen molar-refractivity contribution >= 4 is 63.6 Å². The van der Waals surface area contributed by atoms with E-state index in [1.807, 2.05) is 32.0 Å². The number of likely N-dealkylation sites (tertiary alicyclic amines) is 1. The Bertz CT molecular complexity index is 2600. The Kier molecular flexibility index (Phi) is 12.5. The average molecular weight is 914 g/mol. The van der Waals surface area contributed by atoms with Crippen LogP contribution in [0.3, 0.4) is 0 Å². The molecule has 5 aliphatic rings. The molecule has 0 radical (unpaired) electrons. The highest BCUT2D eigenvalue weighted by Gasteiger charge is 2.44. The van der Waals surface area contributed by atoms with Gasteiger partial charge in [0.1, 0.15) is 16.9 Å². The number of aliphatic hydroxyl groups excluding tert-OH is 1. The number of halogens is 2. The van der Waals surface area contributed by atoms with Crippen molar-refractivity contribution in [3.8, 4) is 5.75 Å². The number of nitrogens with one attached hydrogen (secondary N) is 3. The van der Waals surface area contributed by atoms with E-state index in [-0.39, 0.29) is 84.5 Å². The number of rotatable bonds is 12. The number of likely N-dealkylation sites (N-methyl/N-ethyl adjacent to an activating group) is 1. The third-order valence-corrected chi connectivity index (χ3v) is 13.8. The maximum atomic E-state index is 16.1. The molecule has 3 atom stereocenters. The van der Waals surface area contributed by atoms with Crippen molar-refractivity contribution in [2.45, 2.75) is 108 Å². The number of amides is 4. The molecule has 1 saturated carbocycles. The number of pyridine rings is 1. The third-order valence-electron chi connectivity index (χ3n) is 13.5. The number of nitrogens with zero attached hydrogens (tertiary/aromatic N) is 6. The molecular weight excluding hydrogens is 861 g/mol. The van der Waals surface area contributed by atoms with Crippen LogP contribution in [0.25, 0.3) is 10.9 Å². The maximum Gasteiger partial charge on any atom is 0.293 e. The molecule has 2 aromatic heterocycles. The first-order valence-electron chi connectivity index (χ1n) is 22.4. The number of aliphatic hydroxyl groups is 1. The number of imide groups is 1. The second-order valence-corrected chi connectivity index (χ2v) is 18.3. The van der Waals surface area contributed by atoms with Gasteiger partial charge in [0.2, 0.25) is 17.8 Å². The molecule has 344 valence electrons. The topological polar surface area (TPSA) is 201 Å². The van der Waals surface area contributed by atoms with E-state index in [2.05, 4.69) is 30.7 Å². The Labute approximate surface area is 379 Å². The van der Waals surface area contributed by atoms with Gasteiger partial charge in [-0.15, -0.1) is 0 Å². The zero-order valence-corrected chi connectivity index (χ0v) is 37.3. The molecule has 4 amide bonds. The van der Waals surface area contributed by atoms with Crippen LogP contribution < -0.4 is 31.1 Å². The smallest absolute Gasteiger partial charge is 0.293 e. The Balaban J connectivity index is 0.756. The minimum absolute atomic E-state index is 0.0493. The number of carbonyl (C=O) groups is 4. The molecule has 4 aliphatic heterocycles. The van der Waals surface area contributed by atoms with Gasteiger partial charge in [-0.2, -0.15) is 4.98 Å². The minimum Gasteiger partial charge on any atom is -0.478 e. The van der Waals surface area contributed by atoms with Crippen LogP contribution >= 0.6 is 11.6 Å². The fourth-order valence-electron chi connectivity index (χ4n) is 9.93. The first-order valence-corrected chi connectivity index (χ1v) is 22.7. The number of aromatic nitrogens is 3.